The molecular weight excluding hydrogens is 278 g/mol. The summed E-state index contributed by atoms with van der Waals surface area (Å²) in [5.74, 6) is -0.151. The summed E-state index contributed by atoms with van der Waals surface area (Å²) in [4.78, 5) is 15.3. The second kappa shape index (κ2) is 6.93. The summed E-state index contributed by atoms with van der Waals surface area (Å²) in [6.07, 6.45) is 2.79. The van der Waals surface area contributed by atoms with Crippen LogP contribution in [0.3, 0.4) is 0 Å². The zero-order valence-corrected chi connectivity index (χ0v) is 11.9. The summed E-state index contributed by atoms with van der Waals surface area (Å²) in [5.41, 5.74) is 0.223. The molecule has 9 heteroatoms. The third-order valence-electron chi connectivity index (χ3n) is 2.87. The van der Waals surface area contributed by atoms with Crippen molar-refractivity contribution < 1.29 is 19.2 Å². The molecule has 21 heavy (non-hydrogen) atoms. The van der Waals surface area contributed by atoms with Gasteiger partial charge in [-0.3, -0.25) is 0 Å². The Labute approximate surface area is 120 Å². The Bertz CT molecular complexity index is 607. The summed E-state index contributed by atoms with van der Waals surface area (Å²) in [5, 5.41) is 20.4. The Morgan fingerprint density at radius 2 is 2.29 bits per heavy atom. The number of aromatic carboxylic acids is 1. The molecule has 2 aromatic heterocycles. The molecule has 0 fully saturated rings. The van der Waals surface area contributed by atoms with Crippen molar-refractivity contribution in [3.05, 3.63) is 23.1 Å². The molecule has 0 atom stereocenters. The number of aryl methyl sites for hydroxylation is 1. The van der Waals surface area contributed by atoms with Gasteiger partial charge in [-0.25, -0.2) is 9.48 Å². The lowest BCUT2D eigenvalue weighted by atomic mass is 10.2. The van der Waals surface area contributed by atoms with Gasteiger partial charge in [-0.1, -0.05) is 23.7 Å². The van der Waals surface area contributed by atoms with Crippen molar-refractivity contribution in [2.45, 2.75) is 39.3 Å². The quantitative estimate of drug-likeness (QED) is 0.763. The van der Waals surface area contributed by atoms with Gasteiger partial charge in [-0.15, -0.1) is 5.10 Å². The third-order valence-corrected chi connectivity index (χ3v) is 2.87. The van der Waals surface area contributed by atoms with E-state index in [-0.39, 0.29) is 18.8 Å². The Morgan fingerprint density at radius 3 is 2.95 bits per heavy atom. The van der Waals surface area contributed by atoms with Crippen LogP contribution in [-0.2, 0) is 24.3 Å². The molecule has 2 rings (SSSR count). The molecule has 9 nitrogen and oxygen atoms in total. The fourth-order valence-corrected chi connectivity index (χ4v) is 1.82. The first-order valence-corrected chi connectivity index (χ1v) is 6.61. The van der Waals surface area contributed by atoms with E-state index in [0.29, 0.717) is 17.4 Å². The number of hydrogen-bond acceptors (Lipinski definition) is 7. The van der Waals surface area contributed by atoms with Gasteiger partial charge in [0.15, 0.2) is 11.5 Å². The van der Waals surface area contributed by atoms with Gasteiger partial charge in [0, 0.05) is 13.5 Å². The van der Waals surface area contributed by atoms with Crippen LogP contribution >= 0.6 is 0 Å². The van der Waals surface area contributed by atoms with Gasteiger partial charge in [0.1, 0.15) is 6.54 Å². The van der Waals surface area contributed by atoms with Crippen LogP contribution in [0.25, 0.3) is 0 Å². The van der Waals surface area contributed by atoms with Crippen molar-refractivity contribution in [2.24, 2.45) is 0 Å². The highest BCUT2D eigenvalue weighted by Crippen LogP contribution is 2.10. The number of nitrogens with zero attached hydrogens (tertiary/aromatic N) is 5. The van der Waals surface area contributed by atoms with E-state index in [9.17, 15) is 4.79 Å². The fourth-order valence-electron chi connectivity index (χ4n) is 1.82. The highest BCUT2D eigenvalue weighted by Gasteiger charge is 2.20. The molecule has 2 heterocycles. The van der Waals surface area contributed by atoms with Gasteiger partial charge < -0.3 is 14.4 Å². The number of methoxy groups -OCH3 is 1. The SMILES string of the molecule is CCCCc1noc(Cn2nnc(C(=O)O)c2COC)n1. The minimum Gasteiger partial charge on any atom is -0.476 e. The number of rotatable bonds is 8. The maximum absolute atomic E-state index is 11.1. The molecule has 0 unspecified atom stereocenters. The third kappa shape index (κ3) is 3.63. The van der Waals surface area contributed by atoms with Crippen LogP contribution < -0.4 is 0 Å². The Balaban J connectivity index is 2.15. The summed E-state index contributed by atoms with van der Waals surface area (Å²) in [6.45, 7) is 2.34. The largest absolute Gasteiger partial charge is 0.476 e. The second-order valence-corrected chi connectivity index (χ2v) is 4.49. The molecule has 114 valence electrons. The van der Waals surface area contributed by atoms with E-state index >= 15 is 0 Å². The van der Waals surface area contributed by atoms with E-state index < -0.39 is 5.97 Å². The van der Waals surface area contributed by atoms with E-state index in [1.165, 1.54) is 11.8 Å². The van der Waals surface area contributed by atoms with Crippen LogP contribution in [0.4, 0.5) is 0 Å². The molecule has 0 spiro atoms. The number of carbonyl (C=O) groups is 1. The van der Waals surface area contributed by atoms with Crippen LogP contribution in [0.2, 0.25) is 0 Å². The number of unbranched alkanes of at least 4 members (excludes halogenated alkanes) is 1. The van der Waals surface area contributed by atoms with Gasteiger partial charge in [0.05, 0.1) is 12.3 Å². The lowest BCUT2D eigenvalue weighted by Crippen LogP contribution is -2.10. The van der Waals surface area contributed by atoms with Crippen molar-refractivity contribution in [1.29, 1.82) is 0 Å². The van der Waals surface area contributed by atoms with E-state index in [2.05, 4.69) is 27.4 Å². The smallest absolute Gasteiger partial charge is 0.358 e. The van der Waals surface area contributed by atoms with E-state index in [1.54, 1.807) is 0 Å². The normalized spacial score (nSPS) is 11.0. The zero-order valence-electron chi connectivity index (χ0n) is 11.9. The first-order valence-electron chi connectivity index (χ1n) is 6.61. The maximum Gasteiger partial charge on any atom is 0.358 e. The molecular formula is C12H17N5O4. The van der Waals surface area contributed by atoms with E-state index in [1.807, 2.05) is 0 Å². The van der Waals surface area contributed by atoms with Crippen molar-refractivity contribution in [3.8, 4) is 0 Å². The Hall–Kier alpha value is -2.29. The minimum atomic E-state index is -1.15. The average molecular weight is 295 g/mol. The number of carboxylic acids is 1. The number of ether oxygens (including phenoxy) is 1. The average Bonchev–Trinajstić information content (AvgIpc) is 3.05. The lowest BCUT2D eigenvalue weighted by molar-refractivity contribution is 0.0684. The van der Waals surface area contributed by atoms with Crippen LogP contribution in [-0.4, -0.2) is 43.3 Å². The van der Waals surface area contributed by atoms with Crippen molar-refractivity contribution in [1.82, 2.24) is 25.1 Å². The van der Waals surface area contributed by atoms with Crippen LogP contribution in [0.5, 0.6) is 0 Å². The summed E-state index contributed by atoms with van der Waals surface area (Å²) >= 11 is 0. The zero-order chi connectivity index (χ0) is 15.2. The molecule has 0 amide bonds. The van der Waals surface area contributed by atoms with Gasteiger partial charge in [-0.2, -0.15) is 4.98 Å². The number of hydrogen-bond donors (Lipinski definition) is 1. The molecule has 0 saturated carbocycles. The van der Waals surface area contributed by atoms with Crippen molar-refractivity contribution in [3.63, 3.8) is 0 Å². The molecule has 0 aliphatic carbocycles. The monoisotopic (exact) mass is 295 g/mol. The molecule has 0 bridgehead atoms. The molecule has 0 aliphatic heterocycles. The highest BCUT2D eigenvalue weighted by atomic mass is 16.5. The molecule has 0 saturated heterocycles. The predicted molar refractivity (Wildman–Crippen MR) is 69.7 cm³/mol. The van der Waals surface area contributed by atoms with Crippen LogP contribution in [0.1, 0.15) is 47.7 Å². The Kier molecular flexibility index (Phi) is 4.99. The van der Waals surface area contributed by atoms with Crippen LogP contribution in [0.15, 0.2) is 4.52 Å². The molecule has 1 N–H and O–H groups in total. The first kappa shape index (κ1) is 15.1. The van der Waals surface area contributed by atoms with Gasteiger partial charge in [0.25, 0.3) is 0 Å². The summed E-state index contributed by atoms with van der Waals surface area (Å²) in [7, 11) is 1.47. The fraction of sp³-hybridized carbons (Fsp3) is 0.583. The molecule has 0 aliphatic rings. The standard InChI is InChI=1S/C12H17N5O4/c1-3-4-5-9-13-10(21-15-9)6-17-8(7-20-2)11(12(18)19)14-16-17/h3-7H2,1-2H3,(H,18,19). The van der Waals surface area contributed by atoms with E-state index in [0.717, 1.165) is 19.3 Å². The minimum absolute atomic E-state index is 0.0888. The van der Waals surface area contributed by atoms with Gasteiger partial charge in [0.2, 0.25) is 5.89 Å². The topological polar surface area (TPSA) is 116 Å². The predicted octanol–water partition coefficient (Wildman–Crippen LogP) is 0.897. The summed E-state index contributed by atoms with van der Waals surface area (Å²) in [6, 6.07) is 0. The van der Waals surface area contributed by atoms with E-state index in [4.69, 9.17) is 14.4 Å². The first-order chi connectivity index (χ1) is 10.2. The number of carboxylic acid groups (broad SMARTS) is 1. The summed E-state index contributed by atoms with van der Waals surface area (Å²) < 4.78 is 11.5. The number of aromatic nitrogens is 5. The molecule has 0 aromatic carbocycles. The van der Waals surface area contributed by atoms with Gasteiger partial charge in [-0.05, 0) is 6.42 Å². The van der Waals surface area contributed by atoms with Crippen LogP contribution in [0, 0.1) is 0 Å². The second-order valence-electron chi connectivity index (χ2n) is 4.49. The lowest BCUT2D eigenvalue weighted by Gasteiger charge is -2.03. The Morgan fingerprint density at radius 1 is 1.48 bits per heavy atom. The molecule has 0 radical (unpaired) electrons. The van der Waals surface area contributed by atoms with Gasteiger partial charge >= 0.3 is 5.97 Å². The molecule has 2 aromatic rings. The highest BCUT2D eigenvalue weighted by molar-refractivity contribution is 5.86. The van der Waals surface area contributed by atoms with Crippen molar-refractivity contribution >= 4 is 5.97 Å². The maximum atomic E-state index is 11.1. The van der Waals surface area contributed by atoms with Crippen molar-refractivity contribution in [2.75, 3.05) is 7.11 Å².